The molecule has 0 atom stereocenters. The van der Waals surface area contributed by atoms with Crippen molar-refractivity contribution in [2.75, 3.05) is 7.11 Å². The summed E-state index contributed by atoms with van der Waals surface area (Å²) in [6.07, 6.45) is 0. The predicted octanol–water partition coefficient (Wildman–Crippen LogP) is 3.66. The molecule has 5 nitrogen and oxygen atoms in total. The van der Waals surface area contributed by atoms with Gasteiger partial charge in [-0.05, 0) is 39.2 Å². The number of rotatable bonds is 6. The van der Waals surface area contributed by atoms with Crippen LogP contribution in [0.4, 0.5) is 5.69 Å². The summed E-state index contributed by atoms with van der Waals surface area (Å²) in [6.45, 7) is 1.23. The molecule has 0 aliphatic rings. The first kappa shape index (κ1) is 15.5. The molecule has 0 bridgehead atoms. The van der Waals surface area contributed by atoms with Crippen LogP contribution in [0.3, 0.4) is 0 Å². The molecule has 2 rings (SSSR count). The van der Waals surface area contributed by atoms with Crippen molar-refractivity contribution in [3.05, 3.63) is 68.2 Å². The molecule has 0 radical (unpaired) electrons. The Bertz CT molecular complexity index is 629. The number of halogens is 1. The third-order valence-electron chi connectivity index (χ3n) is 3.06. The van der Waals surface area contributed by atoms with Gasteiger partial charge in [-0.15, -0.1) is 0 Å². The minimum atomic E-state index is -0.392. The Hall–Kier alpha value is -1.92. The highest BCUT2D eigenvalue weighted by Crippen LogP contribution is 2.28. The molecule has 0 aliphatic heterocycles. The second-order valence-corrected chi connectivity index (χ2v) is 5.25. The first-order chi connectivity index (χ1) is 10.1. The second kappa shape index (κ2) is 7.19. The maximum absolute atomic E-state index is 10.9. The summed E-state index contributed by atoms with van der Waals surface area (Å²) in [4.78, 5) is 10.5. The minimum Gasteiger partial charge on any atom is -0.497 e. The van der Waals surface area contributed by atoms with Crippen LogP contribution in [-0.2, 0) is 13.1 Å². The zero-order chi connectivity index (χ0) is 15.2. The monoisotopic (exact) mass is 350 g/mol. The highest BCUT2D eigenvalue weighted by Gasteiger charge is 2.14. The fourth-order valence-corrected chi connectivity index (χ4v) is 2.48. The highest BCUT2D eigenvalue weighted by atomic mass is 79.9. The van der Waals surface area contributed by atoms with E-state index in [2.05, 4.69) is 21.2 Å². The van der Waals surface area contributed by atoms with Crippen molar-refractivity contribution in [2.24, 2.45) is 0 Å². The van der Waals surface area contributed by atoms with E-state index in [1.165, 1.54) is 6.07 Å². The number of nitrogens with one attached hydrogen (secondary N) is 1. The van der Waals surface area contributed by atoms with Crippen LogP contribution in [0.5, 0.6) is 5.75 Å². The van der Waals surface area contributed by atoms with Gasteiger partial charge in [-0.25, -0.2) is 0 Å². The van der Waals surface area contributed by atoms with Crippen molar-refractivity contribution in [1.82, 2.24) is 5.32 Å². The molecule has 0 amide bonds. The molecule has 0 saturated heterocycles. The number of nitrogens with zero attached hydrogens (tertiary/aromatic N) is 1. The van der Waals surface area contributed by atoms with E-state index in [-0.39, 0.29) is 5.69 Å². The quantitative estimate of drug-likeness (QED) is 0.637. The van der Waals surface area contributed by atoms with Crippen LogP contribution in [0.2, 0.25) is 0 Å². The lowest BCUT2D eigenvalue weighted by molar-refractivity contribution is -0.385. The van der Waals surface area contributed by atoms with E-state index in [4.69, 9.17) is 4.74 Å². The topological polar surface area (TPSA) is 64.4 Å². The molecule has 0 unspecified atom stereocenters. The van der Waals surface area contributed by atoms with E-state index in [1.54, 1.807) is 13.2 Å². The van der Waals surface area contributed by atoms with Crippen LogP contribution < -0.4 is 10.1 Å². The summed E-state index contributed by atoms with van der Waals surface area (Å²) in [5.74, 6) is 0.820. The smallest absolute Gasteiger partial charge is 0.283 e. The molecule has 21 heavy (non-hydrogen) atoms. The molecular weight excluding hydrogens is 336 g/mol. The molecule has 2 aromatic rings. The number of hydrogen-bond donors (Lipinski definition) is 1. The molecule has 1 N–H and O–H groups in total. The standard InChI is InChI=1S/C15H15BrN2O3/c1-21-13-7-5-11(6-8-13)9-17-10-12-3-2-4-14(15(12)16)18(19)20/h2-8,17H,9-10H2,1H3. The Morgan fingerprint density at radius 2 is 1.90 bits per heavy atom. The lowest BCUT2D eigenvalue weighted by Crippen LogP contribution is -2.13. The molecule has 6 heteroatoms. The van der Waals surface area contributed by atoms with Gasteiger partial charge in [0.25, 0.3) is 5.69 Å². The van der Waals surface area contributed by atoms with E-state index in [0.29, 0.717) is 17.6 Å². The van der Waals surface area contributed by atoms with E-state index >= 15 is 0 Å². The van der Waals surface area contributed by atoms with E-state index in [0.717, 1.165) is 16.9 Å². The zero-order valence-corrected chi connectivity index (χ0v) is 13.1. The second-order valence-electron chi connectivity index (χ2n) is 4.46. The molecular formula is C15H15BrN2O3. The summed E-state index contributed by atoms with van der Waals surface area (Å²) >= 11 is 3.29. The third-order valence-corrected chi connectivity index (χ3v) is 3.97. The van der Waals surface area contributed by atoms with Crippen LogP contribution in [0, 0.1) is 10.1 Å². The molecule has 110 valence electrons. The SMILES string of the molecule is COc1ccc(CNCc2cccc([N+](=O)[O-])c2Br)cc1. The molecule has 2 aromatic carbocycles. The van der Waals surface area contributed by atoms with Crippen molar-refractivity contribution >= 4 is 21.6 Å². The number of ether oxygens (including phenoxy) is 1. The van der Waals surface area contributed by atoms with Crippen LogP contribution >= 0.6 is 15.9 Å². The van der Waals surface area contributed by atoms with Crippen molar-refractivity contribution in [1.29, 1.82) is 0 Å². The average Bonchev–Trinajstić information content (AvgIpc) is 2.49. The summed E-state index contributed by atoms with van der Waals surface area (Å²) < 4.78 is 5.63. The Kier molecular flexibility index (Phi) is 5.30. The number of nitro groups is 1. The molecule has 0 heterocycles. The number of nitro benzene ring substituents is 1. The predicted molar refractivity (Wildman–Crippen MR) is 84.3 cm³/mol. The fraction of sp³-hybridized carbons (Fsp3) is 0.200. The largest absolute Gasteiger partial charge is 0.497 e. The normalized spacial score (nSPS) is 10.4. The van der Waals surface area contributed by atoms with Gasteiger partial charge in [0.05, 0.1) is 16.5 Å². The van der Waals surface area contributed by atoms with Gasteiger partial charge in [-0.3, -0.25) is 10.1 Å². The molecule has 0 fully saturated rings. The van der Waals surface area contributed by atoms with E-state index in [1.807, 2.05) is 30.3 Å². The first-order valence-corrected chi connectivity index (χ1v) is 7.16. The lowest BCUT2D eigenvalue weighted by Gasteiger charge is -2.08. The Labute approximate surface area is 131 Å². The third kappa shape index (κ3) is 4.03. The van der Waals surface area contributed by atoms with Gasteiger partial charge in [0.1, 0.15) is 5.75 Å². The summed E-state index contributed by atoms with van der Waals surface area (Å²) in [5.41, 5.74) is 2.06. The van der Waals surface area contributed by atoms with Crippen LogP contribution in [-0.4, -0.2) is 12.0 Å². The molecule has 0 spiro atoms. The number of hydrogen-bond acceptors (Lipinski definition) is 4. The Balaban J connectivity index is 1.97. The lowest BCUT2D eigenvalue weighted by atomic mass is 10.2. The molecule has 0 aromatic heterocycles. The van der Waals surface area contributed by atoms with Gasteiger partial charge in [-0.1, -0.05) is 24.3 Å². The highest BCUT2D eigenvalue weighted by molar-refractivity contribution is 9.10. The van der Waals surface area contributed by atoms with Gasteiger partial charge in [0.15, 0.2) is 0 Å². The van der Waals surface area contributed by atoms with Crippen molar-refractivity contribution in [3.63, 3.8) is 0 Å². The van der Waals surface area contributed by atoms with Gasteiger partial charge < -0.3 is 10.1 Å². The minimum absolute atomic E-state index is 0.0822. The maximum Gasteiger partial charge on any atom is 0.283 e. The van der Waals surface area contributed by atoms with Crippen molar-refractivity contribution in [2.45, 2.75) is 13.1 Å². The van der Waals surface area contributed by atoms with Gasteiger partial charge in [-0.2, -0.15) is 0 Å². The first-order valence-electron chi connectivity index (χ1n) is 6.37. The van der Waals surface area contributed by atoms with Gasteiger partial charge in [0.2, 0.25) is 0 Å². The van der Waals surface area contributed by atoms with Gasteiger partial charge in [0, 0.05) is 19.2 Å². The summed E-state index contributed by atoms with van der Waals surface area (Å²) in [5, 5.41) is 14.1. The molecule has 0 saturated carbocycles. The summed E-state index contributed by atoms with van der Waals surface area (Å²) in [7, 11) is 1.63. The zero-order valence-electron chi connectivity index (χ0n) is 11.5. The Morgan fingerprint density at radius 1 is 1.19 bits per heavy atom. The van der Waals surface area contributed by atoms with E-state index < -0.39 is 4.92 Å². The number of benzene rings is 2. The number of methoxy groups -OCH3 is 1. The van der Waals surface area contributed by atoms with Crippen LogP contribution in [0.1, 0.15) is 11.1 Å². The maximum atomic E-state index is 10.9. The van der Waals surface area contributed by atoms with Gasteiger partial charge >= 0.3 is 0 Å². The van der Waals surface area contributed by atoms with E-state index in [9.17, 15) is 10.1 Å². The Morgan fingerprint density at radius 3 is 2.52 bits per heavy atom. The van der Waals surface area contributed by atoms with Crippen LogP contribution in [0.25, 0.3) is 0 Å². The average molecular weight is 351 g/mol. The van der Waals surface area contributed by atoms with Crippen molar-refractivity contribution in [3.8, 4) is 5.75 Å². The van der Waals surface area contributed by atoms with Crippen LogP contribution in [0.15, 0.2) is 46.9 Å². The summed E-state index contributed by atoms with van der Waals surface area (Å²) in [6, 6.07) is 12.8. The fourth-order valence-electron chi connectivity index (χ4n) is 1.93. The van der Waals surface area contributed by atoms with Crippen molar-refractivity contribution < 1.29 is 9.66 Å². The molecule has 0 aliphatic carbocycles.